The van der Waals surface area contributed by atoms with E-state index in [9.17, 15) is 9.90 Å². The van der Waals surface area contributed by atoms with Gasteiger partial charge < -0.3 is 30.2 Å². The summed E-state index contributed by atoms with van der Waals surface area (Å²) in [7, 11) is 0. The molecule has 2 aliphatic heterocycles. The van der Waals surface area contributed by atoms with Crippen molar-refractivity contribution in [3.63, 3.8) is 0 Å². The van der Waals surface area contributed by atoms with E-state index in [0.29, 0.717) is 31.3 Å². The number of urea groups is 1. The summed E-state index contributed by atoms with van der Waals surface area (Å²) in [4.78, 5) is 21.4. The first-order chi connectivity index (χ1) is 15.8. The van der Waals surface area contributed by atoms with Crippen LogP contribution in [0.3, 0.4) is 0 Å². The van der Waals surface area contributed by atoms with Crippen LogP contribution >= 0.6 is 0 Å². The lowest BCUT2D eigenvalue weighted by molar-refractivity contribution is 0.0719. The van der Waals surface area contributed by atoms with Crippen molar-refractivity contribution in [2.75, 3.05) is 31.6 Å². The third-order valence-electron chi connectivity index (χ3n) is 6.79. The molecular weight excluding hydrogens is 420 g/mol. The highest BCUT2D eigenvalue weighted by molar-refractivity contribution is 5.87. The Kier molecular flexibility index (Phi) is 6.69. The van der Waals surface area contributed by atoms with E-state index in [0.717, 1.165) is 42.5 Å². The van der Waals surface area contributed by atoms with Crippen LogP contribution in [0.5, 0.6) is 0 Å². The van der Waals surface area contributed by atoms with Gasteiger partial charge in [-0.05, 0) is 52.5 Å². The molecule has 1 atom stereocenters. The van der Waals surface area contributed by atoms with E-state index >= 15 is 0 Å². The van der Waals surface area contributed by atoms with E-state index in [2.05, 4.69) is 29.3 Å². The standard InChI is InChI=1S/C24H34N6O3/c1-16(2)26-20-13-18(5-6-19(20)14-25)21-27-22(33-28-21)17-7-11-29(12-8-17)23(32)30-10-4-9-24(30,3)15-31/h5-6,13-14,16-17,25-26,31H,4,7-12,15H2,1-3H3. The Morgan fingerprint density at radius 2 is 2.12 bits per heavy atom. The number of rotatable bonds is 6. The second kappa shape index (κ2) is 9.51. The number of nitrogens with zero attached hydrogens (tertiary/aromatic N) is 4. The SMILES string of the molecule is CC(C)Nc1cc(-c2noc(C3CCN(C(=O)N4CCCC4(C)CO)CC3)n2)ccc1C=N. The predicted octanol–water partition coefficient (Wildman–Crippen LogP) is 3.70. The fraction of sp³-hybridized carbons (Fsp3) is 0.583. The van der Waals surface area contributed by atoms with E-state index in [1.165, 1.54) is 6.21 Å². The lowest BCUT2D eigenvalue weighted by Gasteiger charge is -2.39. The molecule has 1 aromatic heterocycles. The third kappa shape index (κ3) is 4.73. The first kappa shape index (κ1) is 23.2. The van der Waals surface area contributed by atoms with E-state index in [1.807, 2.05) is 34.9 Å². The first-order valence-corrected chi connectivity index (χ1v) is 11.8. The van der Waals surface area contributed by atoms with Crippen molar-refractivity contribution in [1.29, 1.82) is 5.41 Å². The average molecular weight is 455 g/mol. The molecule has 2 fully saturated rings. The molecule has 4 rings (SSSR count). The van der Waals surface area contributed by atoms with Crippen LogP contribution in [0, 0.1) is 5.41 Å². The number of anilines is 1. The fourth-order valence-corrected chi connectivity index (χ4v) is 4.78. The number of amides is 2. The van der Waals surface area contributed by atoms with Gasteiger partial charge in [0.15, 0.2) is 0 Å². The maximum atomic E-state index is 13.0. The summed E-state index contributed by atoms with van der Waals surface area (Å²) in [5.41, 5.74) is 2.06. The quantitative estimate of drug-likeness (QED) is 0.573. The fourth-order valence-electron chi connectivity index (χ4n) is 4.78. The van der Waals surface area contributed by atoms with Crippen LogP contribution in [-0.4, -0.2) is 75.1 Å². The first-order valence-electron chi connectivity index (χ1n) is 11.8. The summed E-state index contributed by atoms with van der Waals surface area (Å²) in [5, 5.41) is 24.9. The number of piperidine rings is 1. The lowest BCUT2D eigenvalue weighted by Crippen LogP contribution is -2.54. The van der Waals surface area contributed by atoms with Gasteiger partial charge in [-0.25, -0.2) is 4.79 Å². The van der Waals surface area contributed by atoms with Crippen LogP contribution in [-0.2, 0) is 0 Å². The Morgan fingerprint density at radius 3 is 2.79 bits per heavy atom. The van der Waals surface area contributed by atoms with Crippen LogP contribution in [0.1, 0.15) is 63.8 Å². The monoisotopic (exact) mass is 454 g/mol. The van der Waals surface area contributed by atoms with Gasteiger partial charge in [0, 0.05) is 54.6 Å². The number of carbonyl (C=O) groups excluding carboxylic acids is 1. The van der Waals surface area contributed by atoms with Gasteiger partial charge in [-0.3, -0.25) is 0 Å². The topological polar surface area (TPSA) is 119 Å². The van der Waals surface area contributed by atoms with Crippen LogP contribution in [0.25, 0.3) is 11.4 Å². The predicted molar refractivity (Wildman–Crippen MR) is 127 cm³/mol. The molecule has 3 heterocycles. The van der Waals surface area contributed by atoms with E-state index in [1.54, 1.807) is 0 Å². The second-order valence-corrected chi connectivity index (χ2v) is 9.66. The summed E-state index contributed by atoms with van der Waals surface area (Å²) in [6.45, 7) is 8.03. The highest BCUT2D eigenvalue weighted by atomic mass is 16.5. The number of carbonyl (C=O) groups is 1. The Balaban J connectivity index is 1.41. The van der Waals surface area contributed by atoms with Gasteiger partial charge in [-0.1, -0.05) is 17.3 Å². The molecule has 0 radical (unpaired) electrons. The maximum Gasteiger partial charge on any atom is 0.320 e. The smallest absolute Gasteiger partial charge is 0.320 e. The highest BCUT2D eigenvalue weighted by Crippen LogP contribution is 2.33. The molecule has 33 heavy (non-hydrogen) atoms. The van der Waals surface area contributed by atoms with Gasteiger partial charge in [-0.15, -0.1) is 0 Å². The molecule has 0 aliphatic carbocycles. The Morgan fingerprint density at radius 1 is 1.36 bits per heavy atom. The van der Waals surface area contributed by atoms with Gasteiger partial charge in [0.05, 0.1) is 12.1 Å². The average Bonchev–Trinajstić information content (AvgIpc) is 3.46. The van der Waals surface area contributed by atoms with Crippen molar-refractivity contribution in [1.82, 2.24) is 19.9 Å². The van der Waals surface area contributed by atoms with Gasteiger partial charge in [0.1, 0.15) is 0 Å². The van der Waals surface area contributed by atoms with Gasteiger partial charge in [0.2, 0.25) is 11.7 Å². The summed E-state index contributed by atoms with van der Waals surface area (Å²) < 4.78 is 5.61. The molecule has 9 nitrogen and oxygen atoms in total. The number of likely N-dealkylation sites (tertiary alicyclic amines) is 2. The Hall–Kier alpha value is -2.94. The Bertz CT molecular complexity index is 998. The minimum atomic E-state index is -0.453. The zero-order valence-electron chi connectivity index (χ0n) is 19.7. The molecule has 2 amide bonds. The molecule has 9 heteroatoms. The van der Waals surface area contributed by atoms with Crippen molar-refractivity contribution < 1.29 is 14.4 Å². The molecule has 1 aromatic carbocycles. The molecule has 178 valence electrons. The number of nitrogens with one attached hydrogen (secondary N) is 2. The molecule has 1 unspecified atom stereocenters. The van der Waals surface area contributed by atoms with Crippen molar-refractivity contribution in [2.45, 2.75) is 64.0 Å². The molecule has 3 N–H and O–H groups in total. The van der Waals surface area contributed by atoms with Crippen LogP contribution < -0.4 is 5.32 Å². The molecule has 0 bridgehead atoms. The molecular formula is C24H34N6O3. The number of aliphatic hydroxyl groups is 1. The number of hydrogen-bond acceptors (Lipinski definition) is 7. The van der Waals surface area contributed by atoms with Gasteiger partial charge >= 0.3 is 6.03 Å². The molecule has 2 aliphatic rings. The summed E-state index contributed by atoms with van der Waals surface area (Å²) in [6.07, 6.45) is 4.63. The largest absolute Gasteiger partial charge is 0.394 e. The molecule has 0 spiro atoms. The summed E-state index contributed by atoms with van der Waals surface area (Å²) >= 11 is 0. The lowest BCUT2D eigenvalue weighted by atomic mass is 9.96. The van der Waals surface area contributed by atoms with Crippen LogP contribution in [0.15, 0.2) is 22.7 Å². The minimum Gasteiger partial charge on any atom is -0.394 e. The number of hydrogen-bond donors (Lipinski definition) is 3. The Labute approximate surface area is 194 Å². The van der Waals surface area contributed by atoms with E-state index in [-0.39, 0.29) is 24.6 Å². The van der Waals surface area contributed by atoms with Crippen molar-refractivity contribution in [3.8, 4) is 11.4 Å². The minimum absolute atomic E-state index is 0.00479. The molecule has 2 saturated heterocycles. The molecule has 2 aromatic rings. The third-order valence-corrected chi connectivity index (χ3v) is 6.79. The van der Waals surface area contributed by atoms with Crippen LogP contribution in [0.4, 0.5) is 10.5 Å². The summed E-state index contributed by atoms with van der Waals surface area (Å²) in [6, 6.07) is 5.99. The van der Waals surface area contributed by atoms with Crippen molar-refractivity contribution in [2.24, 2.45) is 0 Å². The van der Waals surface area contributed by atoms with Crippen molar-refractivity contribution in [3.05, 3.63) is 29.7 Å². The van der Waals surface area contributed by atoms with Crippen molar-refractivity contribution >= 4 is 17.9 Å². The number of benzene rings is 1. The maximum absolute atomic E-state index is 13.0. The highest BCUT2D eigenvalue weighted by Gasteiger charge is 2.41. The number of aliphatic hydroxyl groups excluding tert-OH is 1. The second-order valence-electron chi connectivity index (χ2n) is 9.66. The number of aromatic nitrogens is 2. The van der Waals surface area contributed by atoms with Gasteiger partial charge in [-0.2, -0.15) is 4.98 Å². The normalized spacial score (nSPS) is 21.6. The summed E-state index contributed by atoms with van der Waals surface area (Å²) in [5.74, 6) is 1.25. The van der Waals surface area contributed by atoms with Gasteiger partial charge in [0.25, 0.3) is 0 Å². The van der Waals surface area contributed by atoms with E-state index < -0.39 is 5.54 Å². The molecule has 0 saturated carbocycles. The zero-order valence-corrected chi connectivity index (χ0v) is 19.7. The van der Waals surface area contributed by atoms with E-state index in [4.69, 9.17) is 9.93 Å². The zero-order chi connectivity index (χ0) is 23.6. The van der Waals surface area contributed by atoms with Crippen LogP contribution in [0.2, 0.25) is 0 Å².